The van der Waals surface area contributed by atoms with Crippen LogP contribution in [0.25, 0.3) is 0 Å². The second kappa shape index (κ2) is 10.1. The number of halogens is 1. The second-order valence-electron chi connectivity index (χ2n) is 7.76. The Labute approximate surface area is 182 Å². The minimum Gasteiger partial charge on any atom is -0.353 e. The summed E-state index contributed by atoms with van der Waals surface area (Å²) in [6, 6.07) is 6.30. The molecule has 9 heteroatoms. The normalized spacial score (nSPS) is 23.4. The highest BCUT2D eigenvalue weighted by Gasteiger charge is 2.43. The lowest BCUT2D eigenvalue weighted by molar-refractivity contribution is -0.132. The summed E-state index contributed by atoms with van der Waals surface area (Å²) < 4.78 is 0. The molecule has 3 atom stereocenters. The number of hydrogen-bond acceptors (Lipinski definition) is 4. The van der Waals surface area contributed by atoms with Gasteiger partial charge in [0.05, 0.1) is 6.04 Å². The van der Waals surface area contributed by atoms with Crippen LogP contribution in [0.5, 0.6) is 0 Å². The third kappa shape index (κ3) is 5.43. The van der Waals surface area contributed by atoms with Crippen molar-refractivity contribution in [3.05, 3.63) is 29.3 Å². The Balaban J connectivity index is 1.55. The molecule has 2 heterocycles. The zero-order chi connectivity index (χ0) is 21.7. The number of piperazine rings is 1. The maximum atomic E-state index is 12.4. The monoisotopic (exact) mass is 435 g/mol. The molecule has 0 aliphatic carbocycles. The number of carbonyl (C=O) groups is 3. The number of nitrogens with zero attached hydrogens (tertiary/aromatic N) is 2. The highest BCUT2D eigenvalue weighted by molar-refractivity contribution is 6.30. The van der Waals surface area contributed by atoms with Gasteiger partial charge in [0.1, 0.15) is 0 Å². The van der Waals surface area contributed by atoms with Crippen LogP contribution in [-0.2, 0) is 9.59 Å². The Bertz CT molecular complexity index is 786. The number of rotatable bonds is 7. The van der Waals surface area contributed by atoms with Crippen LogP contribution in [0.1, 0.15) is 33.1 Å². The van der Waals surface area contributed by atoms with E-state index in [-0.39, 0.29) is 36.0 Å². The Morgan fingerprint density at radius 2 is 2.07 bits per heavy atom. The van der Waals surface area contributed by atoms with Crippen molar-refractivity contribution in [3.8, 4) is 0 Å². The average Bonchev–Trinajstić information content (AvgIpc) is 3.13. The topological polar surface area (TPSA) is 93.8 Å². The van der Waals surface area contributed by atoms with E-state index in [9.17, 15) is 14.4 Å². The number of hydrogen-bond donors (Lipinski definition) is 3. The number of amides is 4. The van der Waals surface area contributed by atoms with Gasteiger partial charge in [0, 0.05) is 55.4 Å². The first-order chi connectivity index (χ1) is 14.4. The maximum Gasteiger partial charge on any atom is 0.319 e. The molecule has 0 aromatic heterocycles. The van der Waals surface area contributed by atoms with Gasteiger partial charge in [-0.25, -0.2) is 4.79 Å². The quantitative estimate of drug-likeness (QED) is 0.611. The van der Waals surface area contributed by atoms with Crippen molar-refractivity contribution in [3.63, 3.8) is 0 Å². The van der Waals surface area contributed by atoms with Crippen molar-refractivity contribution >= 4 is 35.1 Å². The van der Waals surface area contributed by atoms with Crippen molar-refractivity contribution in [2.24, 2.45) is 0 Å². The average molecular weight is 436 g/mol. The fraction of sp³-hybridized carbons (Fsp3) is 0.571. The largest absolute Gasteiger partial charge is 0.353 e. The van der Waals surface area contributed by atoms with Gasteiger partial charge in [-0.1, -0.05) is 17.7 Å². The van der Waals surface area contributed by atoms with E-state index in [0.717, 1.165) is 0 Å². The third-order valence-corrected chi connectivity index (χ3v) is 6.08. The van der Waals surface area contributed by atoms with Gasteiger partial charge >= 0.3 is 6.03 Å². The zero-order valence-electron chi connectivity index (χ0n) is 17.5. The standard InChI is InChI=1S/C21H30ClN5O3/c1-3-26(4-2)19(28)9-8-17-12-23-20(29)18-11-16(13-27(17)18)25-21(30)24-15-7-5-6-14(22)10-15/h5-7,10,16-18H,3-4,8-9,11-13H2,1-2H3,(H,23,29)(H2,24,25,30). The predicted octanol–water partition coefficient (Wildman–Crippen LogP) is 2.05. The molecule has 0 spiro atoms. The SMILES string of the molecule is CCN(CC)C(=O)CCC1CNC(=O)C2CC(NC(=O)Nc3cccc(Cl)c3)CN12. The minimum absolute atomic E-state index is 0.0131. The van der Waals surface area contributed by atoms with Crippen molar-refractivity contribution < 1.29 is 14.4 Å². The summed E-state index contributed by atoms with van der Waals surface area (Å²) in [7, 11) is 0. The molecule has 2 saturated heterocycles. The van der Waals surface area contributed by atoms with E-state index in [4.69, 9.17) is 11.6 Å². The Morgan fingerprint density at radius 1 is 1.30 bits per heavy atom. The molecule has 3 rings (SSSR count). The van der Waals surface area contributed by atoms with E-state index < -0.39 is 0 Å². The summed E-state index contributed by atoms with van der Waals surface area (Å²) in [5, 5.41) is 9.23. The smallest absolute Gasteiger partial charge is 0.319 e. The Hall–Kier alpha value is -2.32. The van der Waals surface area contributed by atoms with Crippen LogP contribution in [-0.4, -0.2) is 71.9 Å². The number of fused-ring (bicyclic) bond motifs is 1. The number of carbonyl (C=O) groups excluding carboxylic acids is 3. The molecule has 2 aliphatic rings. The molecule has 1 aromatic carbocycles. The number of anilines is 1. The van der Waals surface area contributed by atoms with Crippen LogP contribution < -0.4 is 16.0 Å². The second-order valence-corrected chi connectivity index (χ2v) is 8.19. The highest BCUT2D eigenvalue weighted by Crippen LogP contribution is 2.26. The molecule has 1 aromatic rings. The fourth-order valence-corrected chi connectivity index (χ4v) is 4.48. The lowest BCUT2D eigenvalue weighted by Crippen LogP contribution is -2.58. The molecule has 0 bridgehead atoms. The van der Waals surface area contributed by atoms with Crippen molar-refractivity contribution in [1.29, 1.82) is 0 Å². The summed E-state index contributed by atoms with van der Waals surface area (Å²) >= 11 is 5.95. The van der Waals surface area contributed by atoms with Crippen LogP contribution in [0.3, 0.4) is 0 Å². The van der Waals surface area contributed by atoms with Gasteiger partial charge in [-0.3, -0.25) is 14.5 Å². The summed E-state index contributed by atoms with van der Waals surface area (Å²) in [6.45, 7) is 6.48. The fourth-order valence-electron chi connectivity index (χ4n) is 4.29. The molecule has 8 nitrogen and oxygen atoms in total. The number of nitrogens with one attached hydrogen (secondary N) is 3. The van der Waals surface area contributed by atoms with Gasteiger partial charge in [-0.05, 0) is 44.9 Å². The van der Waals surface area contributed by atoms with E-state index in [1.54, 1.807) is 24.3 Å². The molecule has 3 unspecified atom stereocenters. The van der Waals surface area contributed by atoms with Crippen molar-refractivity contribution in [1.82, 2.24) is 20.4 Å². The van der Waals surface area contributed by atoms with Gasteiger partial charge in [0.25, 0.3) is 0 Å². The van der Waals surface area contributed by atoms with E-state index in [0.29, 0.717) is 56.2 Å². The van der Waals surface area contributed by atoms with Crippen LogP contribution in [0.15, 0.2) is 24.3 Å². The minimum atomic E-state index is -0.323. The van der Waals surface area contributed by atoms with Crippen LogP contribution in [0.2, 0.25) is 5.02 Å². The van der Waals surface area contributed by atoms with Crippen LogP contribution >= 0.6 is 11.6 Å². The van der Waals surface area contributed by atoms with Crippen molar-refractivity contribution in [2.75, 3.05) is 31.5 Å². The van der Waals surface area contributed by atoms with Gasteiger partial charge in [-0.2, -0.15) is 0 Å². The molecular formula is C21H30ClN5O3. The first-order valence-electron chi connectivity index (χ1n) is 10.6. The lowest BCUT2D eigenvalue weighted by Gasteiger charge is -2.37. The van der Waals surface area contributed by atoms with Gasteiger partial charge in [0.15, 0.2) is 0 Å². The number of benzene rings is 1. The highest BCUT2D eigenvalue weighted by atomic mass is 35.5. The molecule has 0 saturated carbocycles. The zero-order valence-corrected chi connectivity index (χ0v) is 18.2. The first kappa shape index (κ1) is 22.4. The van der Waals surface area contributed by atoms with Gasteiger partial charge in [-0.15, -0.1) is 0 Å². The predicted molar refractivity (Wildman–Crippen MR) is 116 cm³/mol. The first-order valence-corrected chi connectivity index (χ1v) is 10.9. The number of urea groups is 1. The molecule has 0 radical (unpaired) electrons. The van der Waals surface area contributed by atoms with E-state index >= 15 is 0 Å². The van der Waals surface area contributed by atoms with E-state index in [1.165, 1.54) is 0 Å². The lowest BCUT2D eigenvalue weighted by atomic mass is 10.0. The van der Waals surface area contributed by atoms with Gasteiger partial charge < -0.3 is 20.9 Å². The Morgan fingerprint density at radius 3 is 2.77 bits per heavy atom. The summed E-state index contributed by atoms with van der Waals surface area (Å²) in [4.78, 5) is 41.0. The third-order valence-electron chi connectivity index (χ3n) is 5.85. The molecule has 30 heavy (non-hydrogen) atoms. The van der Waals surface area contributed by atoms with Crippen LogP contribution in [0, 0.1) is 0 Å². The molecule has 3 N–H and O–H groups in total. The summed E-state index contributed by atoms with van der Waals surface area (Å²) in [6.07, 6.45) is 1.70. The molecule has 2 fully saturated rings. The summed E-state index contributed by atoms with van der Waals surface area (Å²) in [5.41, 5.74) is 0.612. The van der Waals surface area contributed by atoms with E-state index in [2.05, 4.69) is 20.9 Å². The molecule has 2 aliphatic heterocycles. The molecular weight excluding hydrogens is 406 g/mol. The summed E-state index contributed by atoms with van der Waals surface area (Å²) in [5.74, 6) is 0.129. The van der Waals surface area contributed by atoms with E-state index in [1.807, 2.05) is 18.7 Å². The van der Waals surface area contributed by atoms with Crippen molar-refractivity contribution in [2.45, 2.75) is 51.2 Å². The van der Waals surface area contributed by atoms with Crippen LogP contribution in [0.4, 0.5) is 10.5 Å². The molecule has 4 amide bonds. The molecule has 164 valence electrons. The van der Waals surface area contributed by atoms with Gasteiger partial charge in [0.2, 0.25) is 11.8 Å². The maximum absolute atomic E-state index is 12.4. The Kier molecular flexibility index (Phi) is 7.55.